The zero-order chi connectivity index (χ0) is 16.0. The van der Waals surface area contributed by atoms with E-state index in [0.29, 0.717) is 25.0 Å². The molecule has 0 spiro atoms. The van der Waals surface area contributed by atoms with Crippen molar-refractivity contribution in [3.8, 4) is 0 Å². The summed E-state index contributed by atoms with van der Waals surface area (Å²) in [6.07, 6.45) is 2.94. The van der Waals surface area contributed by atoms with Gasteiger partial charge in [0.2, 0.25) is 10.0 Å². The third-order valence-electron chi connectivity index (χ3n) is 4.59. The van der Waals surface area contributed by atoms with Crippen LogP contribution < -0.4 is 5.32 Å². The second-order valence-electron chi connectivity index (χ2n) is 6.13. The van der Waals surface area contributed by atoms with Crippen LogP contribution >= 0.6 is 0 Å². The molecule has 1 saturated heterocycles. The molecule has 0 radical (unpaired) electrons. The van der Waals surface area contributed by atoms with E-state index in [1.165, 1.54) is 5.56 Å². The van der Waals surface area contributed by atoms with Gasteiger partial charge in [0.1, 0.15) is 0 Å². The second-order valence-corrected chi connectivity index (χ2v) is 8.39. The quantitative estimate of drug-likeness (QED) is 0.839. The second kappa shape index (κ2) is 8.09. The van der Waals surface area contributed by atoms with Crippen LogP contribution in [0.3, 0.4) is 0 Å². The molecule has 0 amide bonds. The minimum absolute atomic E-state index is 0.208. The van der Waals surface area contributed by atoms with Gasteiger partial charge in [-0.2, -0.15) is 0 Å². The zero-order valence-corrected chi connectivity index (χ0v) is 14.5. The fraction of sp³-hybridized carbons (Fsp3) is 0.647. The molecule has 22 heavy (non-hydrogen) atoms. The predicted molar refractivity (Wildman–Crippen MR) is 91.5 cm³/mol. The Balaban J connectivity index is 1.69. The van der Waals surface area contributed by atoms with Gasteiger partial charge in [-0.15, -0.1) is 0 Å². The van der Waals surface area contributed by atoms with Gasteiger partial charge in [-0.1, -0.05) is 37.3 Å². The number of nitrogens with one attached hydrogen (secondary N) is 1. The van der Waals surface area contributed by atoms with Crippen LogP contribution in [-0.2, 0) is 10.0 Å². The molecule has 1 heterocycles. The van der Waals surface area contributed by atoms with Crippen molar-refractivity contribution in [2.75, 3.05) is 25.4 Å². The molecule has 1 aliphatic heterocycles. The van der Waals surface area contributed by atoms with Crippen LogP contribution in [0.2, 0.25) is 0 Å². The van der Waals surface area contributed by atoms with E-state index in [1.54, 1.807) is 11.2 Å². The predicted octanol–water partition coefficient (Wildman–Crippen LogP) is 2.58. The molecule has 124 valence electrons. The summed E-state index contributed by atoms with van der Waals surface area (Å²) in [5, 5.41) is 3.59. The molecule has 0 bridgehead atoms. The van der Waals surface area contributed by atoms with Gasteiger partial charge in [0.25, 0.3) is 0 Å². The molecule has 0 aromatic heterocycles. The van der Waals surface area contributed by atoms with E-state index < -0.39 is 10.0 Å². The van der Waals surface area contributed by atoms with Crippen molar-refractivity contribution in [3.05, 3.63) is 35.9 Å². The fourth-order valence-corrected chi connectivity index (χ4v) is 4.11. The van der Waals surface area contributed by atoms with Crippen molar-refractivity contribution in [1.82, 2.24) is 9.62 Å². The number of benzene rings is 1. The maximum absolute atomic E-state index is 11.8. The Morgan fingerprint density at radius 2 is 1.86 bits per heavy atom. The summed E-state index contributed by atoms with van der Waals surface area (Å²) in [7, 11) is -3.01. The highest BCUT2D eigenvalue weighted by Gasteiger charge is 2.26. The molecule has 1 aromatic carbocycles. The Labute approximate surface area is 135 Å². The highest BCUT2D eigenvalue weighted by Crippen LogP contribution is 2.19. The first kappa shape index (κ1) is 17.4. The molecule has 1 fully saturated rings. The standard InChI is InChI=1S/C17H28N2O2S/c1-3-22(20,21)19-13-10-17(11-14-19)18-12-9-15(2)16-7-5-4-6-8-16/h4-8,15,17-18H,3,9-14H2,1-2H3. The van der Waals surface area contributed by atoms with Gasteiger partial charge in [-0.25, -0.2) is 12.7 Å². The van der Waals surface area contributed by atoms with E-state index >= 15 is 0 Å². The number of piperidine rings is 1. The summed E-state index contributed by atoms with van der Waals surface area (Å²) in [6, 6.07) is 11.0. The molecule has 0 saturated carbocycles. The molecule has 0 aliphatic carbocycles. The summed E-state index contributed by atoms with van der Waals surface area (Å²) >= 11 is 0. The lowest BCUT2D eigenvalue weighted by molar-refractivity contribution is 0.288. The van der Waals surface area contributed by atoms with Crippen molar-refractivity contribution >= 4 is 10.0 Å². The largest absolute Gasteiger partial charge is 0.314 e. The van der Waals surface area contributed by atoms with Gasteiger partial charge in [0, 0.05) is 19.1 Å². The summed E-state index contributed by atoms with van der Waals surface area (Å²) in [5.41, 5.74) is 1.38. The zero-order valence-electron chi connectivity index (χ0n) is 13.7. The van der Waals surface area contributed by atoms with E-state index in [0.717, 1.165) is 25.8 Å². The van der Waals surface area contributed by atoms with E-state index in [-0.39, 0.29) is 5.75 Å². The van der Waals surface area contributed by atoms with E-state index in [9.17, 15) is 8.42 Å². The minimum atomic E-state index is -3.01. The van der Waals surface area contributed by atoms with Gasteiger partial charge in [-0.05, 0) is 44.2 Å². The average molecular weight is 324 g/mol. The lowest BCUT2D eigenvalue weighted by atomic mass is 9.97. The number of rotatable bonds is 7. The first-order chi connectivity index (χ1) is 10.5. The molecule has 1 atom stereocenters. The van der Waals surface area contributed by atoms with Crippen LogP contribution in [0, 0.1) is 0 Å². The molecule has 1 unspecified atom stereocenters. The van der Waals surface area contributed by atoms with E-state index in [2.05, 4.69) is 36.5 Å². The van der Waals surface area contributed by atoms with Crippen molar-refractivity contribution < 1.29 is 8.42 Å². The highest BCUT2D eigenvalue weighted by molar-refractivity contribution is 7.89. The van der Waals surface area contributed by atoms with Crippen LogP contribution in [0.4, 0.5) is 0 Å². The maximum atomic E-state index is 11.8. The van der Waals surface area contributed by atoms with E-state index in [1.807, 2.05) is 6.07 Å². The minimum Gasteiger partial charge on any atom is -0.314 e. The van der Waals surface area contributed by atoms with Gasteiger partial charge < -0.3 is 5.32 Å². The van der Waals surface area contributed by atoms with Crippen LogP contribution in [0.25, 0.3) is 0 Å². The number of hydrogen-bond acceptors (Lipinski definition) is 3. The smallest absolute Gasteiger partial charge is 0.213 e. The molecular weight excluding hydrogens is 296 g/mol. The van der Waals surface area contributed by atoms with E-state index in [4.69, 9.17) is 0 Å². The Kier molecular flexibility index (Phi) is 6.41. The monoisotopic (exact) mass is 324 g/mol. The molecule has 4 nitrogen and oxygen atoms in total. The third kappa shape index (κ3) is 4.80. The van der Waals surface area contributed by atoms with Crippen LogP contribution in [0.5, 0.6) is 0 Å². The Morgan fingerprint density at radius 3 is 2.45 bits per heavy atom. The highest BCUT2D eigenvalue weighted by atomic mass is 32.2. The van der Waals surface area contributed by atoms with Crippen LogP contribution in [0.15, 0.2) is 30.3 Å². The normalized spacial score (nSPS) is 19.2. The SMILES string of the molecule is CCS(=O)(=O)N1CCC(NCCC(C)c2ccccc2)CC1. The first-order valence-electron chi connectivity index (χ1n) is 8.29. The summed E-state index contributed by atoms with van der Waals surface area (Å²) in [5.74, 6) is 0.758. The maximum Gasteiger partial charge on any atom is 0.213 e. The van der Waals surface area contributed by atoms with Crippen molar-refractivity contribution in [1.29, 1.82) is 0 Å². The number of hydrogen-bond donors (Lipinski definition) is 1. The van der Waals surface area contributed by atoms with Gasteiger partial charge >= 0.3 is 0 Å². The summed E-state index contributed by atoms with van der Waals surface area (Å²) < 4.78 is 25.3. The summed E-state index contributed by atoms with van der Waals surface area (Å²) in [4.78, 5) is 0. The molecule has 1 N–H and O–H groups in total. The van der Waals surface area contributed by atoms with Crippen LogP contribution in [0.1, 0.15) is 44.6 Å². The first-order valence-corrected chi connectivity index (χ1v) is 9.90. The van der Waals surface area contributed by atoms with Gasteiger partial charge in [-0.3, -0.25) is 0 Å². The van der Waals surface area contributed by atoms with Crippen molar-refractivity contribution in [2.24, 2.45) is 0 Å². The number of sulfonamides is 1. The molecule has 1 aliphatic rings. The lowest BCUT2D eigenvalue weighted by Gasteiger charge is -2.31. The van der Waals surface area contributed by atoms with Crippen LogP contribution in [-0.4, -0.2) is 44.2 Å². The number of nitrogens with zero attached hydrogens (tertiary/aromatic N) is 1. The topological polar surface area (TPSA) is 49.4 Å². The van der Waals surface area contributed by atoms with Crippen molar-refractivity contribution in [2.45, 2.75) is 45.1 Å². The van der Waals surface area contributed by atoms with Gasteiger partial charge in [0.15, 0.2) is 0 Å². The Morgan fingerprint density at radius 1 is 1.23 bits per heavy atom. The molecule has 1 aromatic rings. The fourth-order valence-electron chi connectivity index (χ4n) is 2.97. The summed E-state index contributed by atoms with van der Waals surface area (Å²) in [6.45, 7) is 6.27. The Bertz CT molecular complexity index is 537. The average Bonchev–Trinajstić information content (AvgIpc) is 2.56. The third-order valence-corrected chi connectivity index (χ3v) is 6.47. The molecule has 5 heteroatoms. The molecular formula is C17H28N2O2S. The Hall–Kier alpha value is -0.910. The van der Waals surface area contributed by atoms with Gasteiger partial charge in [0.05, 0.1) is 5.75 Å². The lowest BCUT2D eigenvalue weighted by Crippen LogP contribution is -2.45. The molecule has 2 rings (SSSR count). The van der Waals surface area contributed by atoms with Crippen molar-refractivity contribution in [3.63, 3.8) is 0 Å².